The van der Waals surface area contributed by atoms with E-state index in [1.165, 1.54) is 0 Å². The Morgan fingerprint density at radius 3 is 0.720 bits per heavy atom. The molecular formula is C25H3-. The average molecular weight is 303 g/mol. The lowest BCUT2D eigenvalue weighted by Crippen LogP contribution is -1.56. The molecule has 0 aliphatic rings. The second kappa shape index (κ2) is 18.7. The van der Waals surface area contributed by atoms with E-state index in [4.69, 9.17) is 6.42 Å². The molecule has 0 amide bonds. The van der Waals surface area contributed by atoms with E-state index in [1.807, 2.05) is 5.92 Å². The molecule has 0 rings (SSSR count). The van der Waals surface area contributed by atoms with Gasteiger partial charge in [0.05, 0.1) is 0 Å². The molecule has 0 aliphatic carbocycles. The van der Waals surface area contributed by atoms with Gasteiger partial charge in [-0.05, 0) is 102 Å². The lowest BCUT2D eigenvalue weighted by molar-refractivity contribution is 1.92. The van der Waals surface area contributed by atoms with Crippen LogP contribution >= 0.6 is 0 Å². The number of rotatable bonds is 0. The summed E-state index contributed by atoms with van der Waals surface area (Å²) in [5, 5.41) is 0. The topological polar surface area (TPSA) is 0 Å². The summed E-state index contributed by atoms with van der Waals surface area (Å²) in [6.45, 7) is 1.69. The predicted octanol–water partition coefficient (Wildman–Crippen LogP) is 0.633. The molecule has 0 fully saturated rings. The summed E-state index contributed by atoms with van der Waals surface area (Å²) in [4.78, 5) is 0. The predicted molar refractivity (Wildman–Crippen MR) is 98.3 cm³/mol. The van der Waals surface area contributed by atoms with Gasteiger partial charge in [0, 0.05) is 17.8 Å². The second-order valence-corrected chi connectivity index (χ2v) is 3.00. The first kappa shape index (κ1) is 19.7. The standard InChI is InChI=1S/C25H3/c1-3-5-7-9-11-13-15-17-19-21-23-25-24-22-20-18-16-14-12-10-8-6-4-2/h1H3/q-1. The van der Waals surface area contributed by atoms with Crippen LogP contribution in [0.2, 0.25) is 0 Å². The van der Waals surface area contributed by atoms with Crippen molar-refractivity contribution in [2.75, 3.05) is 0 Å². The maximum Gasteiger partial charge on any atom is 0 e. The van der Waals surface area contributed by atoms with Crippen LogP contribution in [0.3, 0.4) is 0 Å². The Kier molecular flexibility index (Phi) is 14.8. The van der Waals surface area contributed by atoms with Gasteiger partial charge in [-0.15, -0.1) is 5.92 Å². The summed E-state index contributed by atoms with van der Waals surface area (Å²) in [6, 6.07) is 0. The van der Waals surface area contributed by atoms with Gasteiger partial charge in [0.15, 0.2) is 0 Å². The van der Waals surface area contributed by atoms with Crippen molar-refractivity contribution in [3.63, 3.8) is 0 Å². The molecule has 0 unspecified atom stereocenters. The highest BCUT2D eigenvalue weighted by Crippen LogP contribution is 1.59. The zero-order valence-electron chi connectivity index (χ0n) is 13.0. The highest BCUT2D eigenvalue weighted by molar-refractivity contribution is 5.47. The molecule has 25 heavy (non-hydrogen) atoms. The summed E-state index contributed by atoms with van der Waals surface area (Å²) >= 11 is 0. The van der Waals surface area contributed by atoms with Gasteiger partial charge in [-0.1, -0.05) is 5.92 Å². The highest BCUT2D eigenvalue weighted by Gasteiger charge is 1.58. The first-order valence-electron chi connectivity index (χ1n) is 6.25. The largest absolute Gasteiger partial charge is 0.358 e. The minimum absolute atomic E-state index is 1.69. The van der Waals surface area contributed by atoms with Gasteiger partial charge in [-0.25, -0.2) is 5.92 Å². The summed E-state index contributed by atoms with van der Waals surface area (Å²) in [7, 11) is 0. The fourth-order valence-electron chi connectivity index (χ4n) is 0.688. The normalized spacial score (nSPS) is 3.84. The molecule has 0 aromatic carbocycles. The Balaban J connectivity index is 4.41. The van der Waals surface area contributed by atoms with E-state index < -0.39 is 0 Å². The molecular weight excluding hydrogens is 300 g/mol. The number of hydrogen-bond donors (Lipinski definition) is 0. The van der Waals surface area contributed by atoms with Crippen LogP contribution in [-0.2, 0) is 0 Å². The van der Waals surface area contributed by atoms with Gasteiger partial charge >= 0.3 is 0 Å². The second-order valence-electron chi connectivity index (χ2n) is 3.00. The van der Waals surface area contributed by atoms with Crippen LogP contribution in [0.25, 0.3) is 0 Å². The molecule has 0 N–H and O–H groups in total. The van der Waals surface area contributed by atoms with Crippen molar-refractivity contribution in [3.05, 3.63) is 6.42 Å². The van der Waals surface area contributed by atoms with E-state index in [2.05, 4.69) is 130 Å². The summed E-state index contributed by atoms with van der Waals surface area (Å²) in [6.07, 6.45) is 6.52. The third-order valence-electron chi connectivity index (χ3n) is 1.44. The van der Waals surface area contributed by atoms with Crippen molar-refractivity contribution in [3.8, 4) is 136 Å². The van der Waals surface area contributed by atoms with E-state index in [9.17, 15) is 0 Å². The van der Waals surface area contributed by atoms with Crippen LogP contribution in [0.1, 0.15) is 6.92 Å². The Labute approximate surface area is 149 Å². The van der Waals surface area contributed by atoms with Crippen LogP contribution in [0.5, 0.6) is 0 Å². The molecule has 0 aromatic heterocycles. The summed E-state index contributed by atoms with van der Waals surface area (Å²) < 4.78 is 0. The van der Waals surface area contributed by atoms with Crippen molar-refractivity contribution in [1.29, 1.82) is 0 Å². The van der Waals surface area contributed by atoms with Crippen LogP contribution < -0.4 is 0 Å². The minimum atomic E-state index is 1.69. The van der Waals surface area contributed by atoms with Crippen LogP contribution in [0.4, 0.5) is 0 Å². The molecule has 0 atom stereocenters. The zero-order chi connectivity index (χ0) is 18.3. The fraction of sp³-hybridized carbons (Fsp3) is 0.0400. The Morgan fingerprint density at radius 2 is 0.520 bits per heavy atom. The third kappa shape index (κ3) is 18.7. The molecule has 0 aliphatic heterocycles. The molecule has 0 radical (unpaired) electrons. The third-order valence-corrected chi connectivity index (χ3v) is 1.44. The minimum Gasteiger partial charge on any atom is -0.358 e. The van der Waals surface area contributed by atoms with E-state index in [-0.39, 0.29) is 0 Å². The summed E-state index contributed by atoms with van der Waals surface area (Å²) in [5.74, 6) is 56.3. The Bertz CT molecular complexity index is 1240. The Hall–Kier alpha value is -5.28. The molecule has 0 spiro atoms. The first-order chi connectivity index (χ1) is 12.4. The average Bonchev–Trinajstić information content (AvgIpc) is 2.63. The van der Waals surface area contributed by atoms with Gasteiger partial charge in [-0.2, -0.15) is 0 Å². The highest BCUT2D eigenvalue weighted by atomic mass is 13.6. The fourth-order valence-corrected chi connectivity index (χ4v) is 0.688. The molecule has 0 nitrogen and oxygen atoms in total. The van der Waals surface area contributed by atoms with E-state index in [0.29, 0.717) is 0 Å². The Morgan fingerprint density at radius 1 is 0.320 bits per heavy atom. The molecule has 0 bridgehead atoms. The molecule has 0 heterocycles. The van der Waals surface area contributed by atoms with Gasteiger partial charge in [0.2, 0.25) is 0 Å². The van der Waals surface area contributed by atoms with Crippen LogP contribution in [0, 0.1) is 143 Å². The SMILES string of the molecule is [C-]#CC#CC#CC#CC#CC#CC#CC#CC#CC#CC#CC#CC. The van der Waals surface area contributed by atoms with Gasteiger partial charge in [0.1, 0.15) is 0 Å². The van der Waals surface area contributed by atoms with Crippen molar-refractivity contribution >= 4 is 0 Å². The molecule has 0 saturated heterocycles. The smallest absolute Gasteiger partial charge is 0 e. The van der Waals surface area contributed by atoms with E-state index in [0.717, 1.165) is 0 Å². The van der Waals surface area contributed by atoms with Crippen LogP contribution in [-0.4, -0.2) is 0 Å². The lowest BCUT2D eigenvalue weighted by atomic mass is 10.4. The maximum atomic E-state index is 6.52. The molecule has 0 saturated carbocycles. The summed E-state index contributed by atoms with van der Waals surface area (Å²) in [5.41, 5.74) is 0. The molecule has 0 aromatic rings. The monoisotopic (exact) mass is 303 g/mol. The van der Waals surface area contributed by atoms with Crippen molar-refractivity contribution < 1.29 is 0 Å². The number of hydrogen-bond acceptors (Lipinski definition) is 0. The molecule has 0 heteroatoms. The van der Waals surface area contributed by atoms with Crippen molar-refractivity contribution in [2.24, 2.45) is 0 Å². The first-order valence-corrected chi connectivity index (χ1v) is 6.25. The zero-order valence-corrected chi connectivity index (χ0v) is 13.0. The van der Waals surface area contributed by atoms with Gasteiger partial charge in [-0.3, -0.25) is 5.92 Å². The van der Waals surface area contributed by atoms with E-state index in [1.54, 1.807) is 6.92 Å². The van der Waals surface area contributed by atoms with Crippen molar-refractivity contribution in [1.82, 2.24) is 0 Å². The quantitative estimate of drug-likeness (QED) is 0.455. The maximum absolute atomic E-state index is 6.52. The van der Waals surface area contributed by atoms with E-state index >= 15 is 0 Å². The van der Waals surface area contributed by atoms with Gasteiger partial charge in [0.25, 0.3) is 0 Å². The van der Waals surface area contributed by atoms with Gasteiger partial charge < -0.3 is 6.42 Å². The molecule has 104 valence electrons. The lowest BCUT2D eigenvalue weighted by Gasteiger charge is -1.63. The van der Waals surface area contributed by atoms with Crippen LogP contribution in [0.15, 0.2) is 0 Å². The van der Waals surface area contributed by atoms with Crippen molar-refractivity contribution in [2.45, 2.75) is 6.92 Å².